The zero-order valence-electron chi connectivity index (χ0n) is 21.5. The molecule has 0 N–H and O–H groups in total. The van der Waals surface area contributed by atoms with Crippen LogP contribution in [0.25, 0.3) is 0 Å². The predicted octanol–water partition coefficient (Wildman–Crippen LogP) is 8.34. The molecular formula is C34H28Cl2FeNiP2+2. The van der Waals surface area contributed by atoms with Crippen LogP contribution in [-0.2, 0) is 29.7 Å². The van der Waals surface area contributed by atoms with Gasteiger partial charge in [-0.05, 0) is 88.4 Å². The summed E-state index contributed by atoms with van der Waals surface area (Å²) in [7, 11) is 8.58. The van der Waals surface area contributed by atoms with Crippen LogP contribution in [0.15, 0.2) is 121 Å². The molecule has 0 atom stereocenters. The van der Waals surface area contributed by atoms with E-state index in [-0.39, 0.29) is 17.1 Å². The van der Waals surface area contributed by atoms with Crippen LogP contribution in [0.4, 0.5) is 0 Å². The van der Waals surface area contributed by atoms with E-state index >= 15 is 0 Å². The summed E-state index contributed by atoms with van der Waals surface area (Å²) in [4.78, 5) is 0. The summed E-state index contributed by atoms with van der Waals surface area (Å²) < 4.78 is 0. The molecule has 2 saturated carbocycles. The maximum atomic E-state index is 4.70. The minimum Gasteiger partial charge on any atom is 2.00 e. The van der Waals surface area contributed by atoms with Crippen LogP contribution in [-0.4, -0.2) is 0 Å². The summed E-state index contributed by atoms with van der Waals surface area (Å²) >= 11 is 0.569. The zero-order chi connectivity index (χ0) is 27.1. The average Bonchev–Trinajstić information content (AvgIpc) is 3.72. The monoisotopic (exact) mass is 682 g/mol. The average molecular weight is 684 g/mol. The largest absolute Gasteiger partial charge is 2.00 e. The van der Waals surface area contributed by atoms with Crippen molar-refractivity contribution in [3.05, 3.63) is 184 Å². The van der Waals surface area contributed by atoms with E-state index in [4.69, 9.17) is 20.4 Å². The smallest absolute Gasteiger partial charge is 2.00 e. The Morgan fingerprint density at radius 2 is 0.575 bits per heavy atom. The molecular weight excluding hydrogens is 656 g/mol. The van der Waals surface area contributed by atoms with E-state index in [0.717, 1.165) is 0 Å². The zero-order valence-corrected chi connectivity index (χ0v) is 26.9. The Labute approximate surface area is 269 Å². The molecule has 0 heterocycles. The molecule has 6 rings (SSSR count). The normalized spacial score (nSPS) is 15.2. The predicted molar refractivity (Wildman–Crippen MR) is 171 cm³/mol. The Bertz CT molecular complexity index is 1000. The van der Waals surface area contributed by atoms with Crippen molar-refractivity contribution in [2.24, 2.45) is 0 Å². The number of hydrogen-bond donors (Lipinski definition) is 0. The van der Waals surface area contributed by atoms with Crippen LogP contribution >= 0.6 is 36.2 Å². The van der Waals surface area contributed by atoms with Crippen molar-refractivity contribution in [1.82, 2.24) is 0 Å². The Kier molecular flexibility index (Phi) is 16.5. The van der Waals surface area contributed by atoms with Gasteiger partial charge in [0.1, 0.15) is 0 Å². The minimum atomic E-state index is -0.409. The number of halogens is 2. The van der Waals surface area contributed by atoms with Crippen molar-refractivity contribution in [3.8, 4) is 0 Å². The number of hydrogen-bond acceptors (Lipinski definition) is 0. The second-order valence-corrected chi connectivity index (χ2v) is 14.4. The molecule has 2 fully saturated rings. The second kappa shape index (κ2) is 19.5. The summed E-state index contributed by atoms with van der Waals surface area (Å²) in [6.45, 7) is 0. The third-order valence-corrected chi connectivity index (χ3v) is 10.8. The topological polar surface area (TPSA) is 0 Å². The quantitative estimate of drug-likeness (QED) is 0.142. The van der Waals surface area contributed by atoms with Crippen LogP contribution in [0.2, 0.25) is 0 Å². The van der Waals surface area contributed by atoms with Gasteiger partial charge in [-0.15, -0.1) is 0 Å². The van der Waals surface area contributed by atoms with Gasteiger partial charge in [-0.2, -0.15) is 0 Å². The minimum absolute atomic E-state index is 0. The SMILES string of the molecule is [CH]1[CH][CH][C](P(c2ccccc2)c2ccccc2)[CH]1.[CH]1[CH][CH][C](P(c2ccccc2)c2ccccc2)[CH]1.[Cl][Ni][Cl].[Fe+2]. The maximum Gasteiger partial charge on any atom is 2.00 e. The molecule has 2 aliphatic carbocycles. The van der Waals surface area contributed by atoms with Gasteiger partial charge in [0, 0.05) is 11.3 Å². The van der Waals surface area contributed by atoms with Crippen molar-refractivity contribution in [2.75, 3.05) is 0 Å². The molecule has 6 heteroatoms. The third kappa shape index (κ3) is 10.3. The Morgan fingerprint density at radius 1 is 0.375 bits per heavy atom. The van der Waals surface area contributed by atoms with E-state index in [1.165, 1.54) is 32.5 Å². The summed E-state index contributed by atoms with van der Waals surface area (Å²) in [6, 6.07) is 43.1. The van der Waals surface area contributed by atoms with Crippen LogP contribution in [0.3, 0.4) is 0 Å². The Balaban J connectivity index is 0.000000197. The molecule has 10 radical (unpaired) electrons. The summed E-state index contributed by atoms with van der Waals surface area (Å²) in [5.74, 6) is 0. The van der Waals surface area contributed by atoms with E-state index in [1.54, 1.807) is 0 Å². The van der Waals surface area contributed by atoms with Crippen LogP contribution in [0, 0.1) is 62.7 Å². The molecule has 4 aromatic rings. The fraction of sp³-hybridized carbons (Fsp3) is 0. The number of benzene rings is 4. The summed E-state index contributed by atoms with van der Waals surface area (Å²) in [5, 5.41) is 5.63. The van der Waals surface area contributed by atoms with Crippen LogP contribution in [0.1, 0.15) is 0 Å². The third-order valence-electron chi connectivity index (χ3n) is 5.86. The van der Waals surface area contributed by atoms with Gasteiger partial charge in [-0.25, -0.2) is 0 Å². The first-order chi connectivity index (χ1) is 19.3. The van der Waals surface area contributed by atoms with Gasteiger partial charge in [0.2, 0.25) is 0 Å². The molecule has 0 bridgehead atoms. The fourth-order valence-electron chi connectivity index (χ4n) is 4.23. The van der Waals surface area contributed by atoms with E-state index in [0.29, 0.717) is 12.7 Å². The van der Waals surface area contributed by atoms with Crippen LogP contribution in [0.5, 0.6) is 0 Å². The van der Waals surface area contributed by atoms with Crippen molar-refractivity contribution < 1.29 is 29.7 Å². The van der Waals surface area contributed by atoms with Crippen LogP contribution < -0.4 is 21.2 Å². The van der Waals surface area contributed by atoms with Crippen molar-refractivity contribution in [2.45, 2.75) is 0 Å². The molecule has 0 saturated heterocycles. The van der Waals surface area contributed by atoms with Gasteiger partial charge in [-0.1, -0.05) is 121 Å². The summed E-state index contributed by atoms with van der Waals surface area (Å²) in [6.07, 6.45) is 17.4. The molecule has 0 spiro atoms. The fourth-order valence-corrected chi connectivity index (χ4v) is 8.84. The standard InChI is InChI=1S/2C17H14P.2ClH.Fe.Ni/c2*1-3-9-15(10-4-1)18(17-13-7-8-14-17)16-11-5-2-6-12-16;;;;/h2*1-14H;2*1H;;/q;;;;2*+2/p-2. The molecule has 2 aliphatic rings. The van der Waals surface area contributed by atoms with Crippen molar-refractivity contribution >= 4 is 57.4 Å². The molecule has 0 unspecified atom stereocenters. The second-order valence-electron chi connectivity index (χ2n) is 8.34. The van der Waals surface area contributed by atoms with Gasteiger partial charge in [0.25, 0.3) is 0 Å². The van der Waals surface area contributed by atoms with Crippen molar-refractivity contribution in [1.29, 1.82) is 0 Å². The van der Waals surface area contributed by atoms with E-state index in [2.05, 4.69) is 173 Å². The van der Waals surface area contributed by atoms with E-state index in [1.807, 2.05) is 0 Å². The summed E-state index contributed by atoms with van der Waals surface area (Å²) in [5.41, 5.74) is 2.84. The van der Waals surface area contributed by atoms with Gasteiger partial charge in [0.05, 0.1) is 0 Å². The molecule has 40 heavy (non-hydrogen) atoms. The Morgan fingerprint density at radius 3 is 0.775 bits per heavy atom. The van der Waals surface area contributed by atoms with E-state index < -0.39 is 15.8 Å². The molecule has 0 amide bonds. The van der Waals surface area contributed by atoms with E-state index in [9.17, 15) is 0 Å². The number of rotatable bonds is 6. The van der Waals surface area contributed by atoms with Crippen molar-refractivity contribution in [3.63, 3.8) is 0 Å². The molecule has 4 aromatic carbocycles. The van der Waals surface area contributed by atoms with Gasteiger partial charge in [-0.3, -0.25) is 0 Å². The molecule has 0 aliphatic heterocycles. The van der Waals surface area contributed by atoms with Gasteiger partial charge < -0.3 is 0 Å². The van der Waals surface area contributed by atoms with Gasteiger partial charge in [0.15, 0.2) is 0 Å². The first-order valence-electron chi connectivity index (χ1n) is 12.4. The first kappa shape index (κ1) is 33.8. The first-order valence-corrected chi connectivity index (χ1v) is 17.8. The molecule has 0 nitrogen and oxygen atoms in total. The maximum absolute atomic E-state index is 4.70. The molecule has 204 valence electrons. The Hall–Kier alpha value is -0.667. The molecule has 0 aromatic heterocycles. The van der Waals surface area contributed by atoms with Gasteiger partial charge >= 0.3 is 50.1 Å².